The van der Waals surface area contributed by atoms with Crippen LogP contribution in [0.4, 0.5) is 5.69 Å². The van der Waals surface area contributed by atoms with Crippen molar-refractivity contribution >= 4 is 21.6 Å². The summed E-state index contributed by atoms with van der Waals surface area (Å²) in [7, 11) is 1.60. The molecule has 96 valence electrons. The molecule has 0 amide bonds. The van der Waals surface area contributed by atoms with Crippen LogP contribution in [-0.2, 0) is 6.54 Å². The molecule has 1 aromatic heterocycles. The molecule has 1 N–H and O–H groups in total. The molecule has 1 aromatic carbocycles. The van der Waals surface area contributed by atoms with Gasteiger partial charge in [-0.2, -0.15) is 5.26 Å². The molecule has 5 heteroatoms. The van der Waals surface area contributed by atoms with Crippen LogP contribution < -0.4 is 10.1 Å². The van der Waals surface area contributed by atoms with Crippen molar-refractivity contribution in [2.24, 2.45) is 0 Å². The Morgan fingerprint density at radius 3 is 2.95 bits per heavy atom. The summed E-state index contributed by atoms with van der Waals surface area (Å²) in [5.41, 5.74) is 2.52. The Labute approximate surface area is 120 Å². The van der Waals surface area contributed by atoms with E-state index in [9.17, 15) is 0 Å². The summed E-state index contributed by atoms with van der Waals surface area (Å²) < 4.78 is 6.05. The first-order chi connectivity index (χ1) is 9.24. The number of nitriles is 1. The largest absolute Gasteiger partial charge is 0.481 e. The quantitative estimate of drug-likeness (QED) is 0.939. The Hall–Kier alpha value is -2.06. The smallest absolute Gasteiger partial charge is 0.218 e. The zero-order valence-electron chi connectivity index (χ0n) is 10.4. The molecule has 0 fully saturated rings. The molecule has 0 aliphatic carbocycles. The Morgan fingerprint density at radius 1 is 1.42 bits per heavy atom. The number of benzene rings is 1. The molecule has 0 bridgehead atoms. The third-order valence-electron chi connectivity index (χ3n) is 2.61. The first-order valence-electron chi connectivity index (χ1n) is 5.66. The van der Waals surface area contributed by atoms with Crippen molar-refractivity contribution in [1.29, 1.82) is 5.26 Å². The second-order valence-corrected chi connectivity index (χ2v) is 4.69. The highest BCUT2D eigenvalue weighted by Crippen LogP contribution is 2.25. The third kappa shape index (κ3) is 3.24. The standard InChI is InChI=1S/C14H12BrN3O/c1-19-14-11(3-2-6-17-14)9-18-13-5-4-10(8-16)7-12(13)15/h2-7,18H,9H2,1H3. The molecule has 19 heavy (non-hydrogen) atoms. The number of rotatable bonds is 4. The van der Waals surface area contributed by atoms with Gasteiger partial charge in [-0.1, -0.05) is 6.07 Å². The summed E-state index contributed by atoms with van der Waals surface area (Å²) in [6, 6.07) is 11.3. The van der Waals surface area contributed by atoms with E-state index in [1.54, 1.807) is 25.4 Å². The molecular formula is C14H12BrN3O. The average Bonchev–Trinajstić information content (AvgIpc) is 2.46. The van der Waals surface area contributed by atoms with Crippen LogP contribution in [0.2, 0.25) is 0 Å². The Balaban J connectivity index is 2.13. The predicted octanol–water partition coefficient (Wildman–Crippen LogP) is 3.34. The van der Waals surface area contributed by atoms with Gasteiger partial charge in [0.2, 0.25) is 5.88 Å². The second kappa shape index (κ2) is 6.21. The topological polar surface area (TPSA) is 57.9 Å². The number of pyridine rings is 1. The minimum Gasteiger partial charge on any atom is -0.481 e. The first-order valence-corrected chi connectivity index (χ1v) is 6.45. The SMILES string of the molecule is COc1ncccc1CNc1ccc(C#N)cc1Br. The Morgan fingerprint density at radius 2 is 2.26 bits per heavy atom. The molecule has 2 aromatic rings. The highest BCUT2D eigenvalue weighted by atomic mass is 79.9. The lowest BCUT2D eigenvalue weighted by atomic mass is 10.2. The number of methoxy groups -OCH3 is 1. The second-order valence-electron chi connectivity index (χ2n) is 3.83. The maximum atomic E-state index is 8.81. The van der Waals surface area contributed by atoms with E-state index in [0.29, 0.717) is 18.0 Å². The minimum absolute atomic E-state index is 0.599. The van der Waals surface area contributed by atoms with E-state index in [1.807, 2.05) is 18.2 Å². The summed E-state index contributed by atoms with van der Waals surface area (Å²) in [5.74, 6) is 0.611. The van der Waals surface area contributed by atoms with Crippen molar-refractivity contribution in [1.82, 2.24) is 4.98 Å². The minimum atomic E-state index is 0.599. The number of nitrogens with one attached hydrogen (secondary N) is 1. The van der Waals surface area contributed by atoms with E-state index in [0.717, 1.165) is 15.7 Å². The molecule has 0 spiro atoms. The summed E-state index contributed by atoms with van der Waals surface area (Å²) in [6.07, 6.45) is 1.69. The van der Waals surface area contributed by atoms with Gasteiger partial charge in [-0.15, -0.1) is 0 Å². The van der Waals surface area contributed by atoms with Gasteiger partial charge in [-0.05, 0) is 40.2 Å². The number of ether oxygens (including phenoxy) is 1. The number of halogens is 1. The van der Waals surface area contributed by atoms with Gasteiger partial charge in [0, 0.05) is 28.5 Å². The number of hydrogen-bond acceptors (Lipinski definition) is 4. The molecule has 0 unspecified atom stereocenters. The lowest BCUT2D eigenvalue weighted by molar-refractivity contribution is 0.393. The lowest BCUT2D eigenvalue weighted by Crippen LogP contribution is -2.03. The number of aromatic nitrogens is 1. The van der Waals surface area contributed by atoms with E-state index in [1.165, 1.54) is 0 Å². The number of nitrogens with zero attached hydrogens (tertiary/aromatic N) is 2. The fourth-order valence-corrected chi connectivity index (χ4v) is 2.18. The number of hydrogen-bond donors (Lipinski definition) is 1. The van der Waals surface area contributed by atoms with Crippen LogP contribution in [0.1, 0.15) is 11.1 Å². The van der Waals surface area contributed by atoms with Crippen molar-refractivity contribution in [2.75, 3.05) is 12.4 Å². The Kier molecular flexibility index (Phi) is 4.37. The van der Waals surface area contributed by atoms with Gasteiger partial charge >= 0.3 is 0 Å². The molecule has 2 rings (SSSR count). The maximum Gasteiger partial charge on any atom is 0.218 e. The predicted molar refractivity (Wildman–Crippen MR) is 77.0 cm³/mol. The van der Waals surface area contributed by atoms with Gasteiger partial charge in [0.15, 0.2) is 0 Å². The fraction of sp³-hybridized carbons (Fsp3) is 0.143. The van der Waals surface area contributed by atoms with E-state index in [4.69, 9.17) is 10.00 Å². The highest BCUT2D eigenvalue weighted by molar-refractivity contribution is 9.10. The molecule has 0 aliphatic rings. The van der Waals surface area contributed by atoms with Gasteiger partial charge in [0.1, 0.15) is 0 Å². The van der Waals surface area contributed by atoms with Crippen LogP contribution in [0.3, 0.4) is 0 Å². The maximum absolute atomic E-state index is 8.81. The van der Waals surface area contributed by atoms with E-state index in [-0.39, 0.29) is 0 Å². The van der Waals surface area contributed by atoms with E-state index in [2.05, 4.69) is 32.3 Å². The zero-order chi connectivity index (χ0) is 13.7. The highest BCUT2D eigenvalue weighted by Gasteiger charge is 2.05. The monoisotopic (exact) mass is 317 g/mol. The molecule has 0 radical (unpaired) electrons. The molecular weight excluding hydrogens is 306 g/mol. The van der Waals surface area contributed by atoms with Crippen LogP contribution in [-0.4, -0.2) is 12.1 Å². The molecule has 0 atom stereocenters. The summed E-state index contributed by atoms with van der Waals surface area (Å²) in [5, 5.41) is 12.1. The lowest BCUT2D eigenvalue weighted by Gasteiger charge is -2.11. The van der Waals surface area contributed by atoms with Crippen molar-refractivity contribution in [3.63, 3.8) is 0 Å². The summed E-state index contributed by atoms with van der Waals surface area (Å²) in [4.78, 5) is 4.14. The molecule has 1 heterocycles. The first kappa shape index (κ1) is 13.4. The molecule has 0 saturated heterocycles. The van der Waals surface area contributed by atoms with Crippen molar-refractivity contribution < 1.29 is 4.74 Å². The molecule has 0 aliphatic heterocycles. The van der Waals surface area contributed by atoms with Gasteiger partial charge in [0.25, 0.3) is 0 Å². The van der Waals surface area contributed by atoms with Crippen LogP contribution >= 0.6 is 15.9 Å². The zero-order valence-corrected chi connectivity index (χ0v) is 11.9. The van der Waals surface area contributed by atoms with E-state index >= 15 is 0 Å². The molecule has 0 saturated carbocycles. The van der Waals surface area contributed by atoms with Gasteiger partial charge in [-0.3, -0.25) is 0 Å². The summed E-state index contributed by atoms with van der Waals surface area (Å²) in [6.45, 7) is 0.599. The van der Waals surface area contributed by atoms with Gasteiger partial charge in [0.05, 0.1) is 18.7 Å². The van der Waals surface area contributed by atoms with Gasteiger partial charge in [-0.25, -0.2) is 4.98 Å². The third-order valence-corrected chi connectivity index (χ3v) is 3.27. The Bertz CT molecular complexity index is 622. The van der Waals surface area contributed by atoms with Crippen LogP contribution in [0.15, 0.2) is 41.0 Å². The van der Waals surface area contributed by atoms with Crippen LogP contribution in [0.5, 0.6) is 5.88 Å². The molecule has 4 nitrogen and oxygen atoms in total. The van der Waals surface area contributed by atoms with Crippen molar-refractivity contribution in [3.8, 4) is 11.9 Å². The fourth-order valence-electron chi connectivity index (χ4n) is 1.66. The van der Waals surface area contributed by atoms with Crippen molar-refractivity contribution in [3.05, 3.63) is 52.1 Å². The van der Waals surface area contributed by atoms with Crippen molar-refractivity contribution in [2.45, 2.75) is 6.54 Å². The number of anilines is 1. The summed E-state index contributed by atoms with van der Waals surface area (Å²) >= 11 is 3.44. The van der Waals surface area contributed by atoms with Crippen LogP contribution in [0, 0.1) is 11.3 Å². The van der Waals surface area contributed by atoms with Crippen LogP contribution in [0.25, 0.3) is 0 Å². The van der Waals surface area contributed by atoms with Gasteiger partial charge < -0.3 is 10.1 Å². The van der Waals surface area contributed by atoms with E-state index < -0.39 is 0 Å². The average molecular weight is 318 g/mol. The normalized spacial score (nSPS) is 9.74.